The van der Waals surface area contributed by atoms with Gasteiger partial charge in [0, 0.05) is 55.7 Å². The lowest BCUT2D eigenvalue weighted by Crippen LogP contribution is -2.37. The lowest BCUT2D eigenvalue weighted by molar-refractivity contribution is 0.217. The van der Waals surface area contributed by atoms with Gasteiger partial charge >= 0.3 is 6.03 Å². The van der Waals surface area contributed by atoms with Crippen LogP contribution in [0.4, 0.5) is 16.2 Å². The first-order chi connectivity index (χ1) is 15.1. The van der Waals surface area contributed by atoms with E-state index in [2.05, 4.69) is 38.7 Å². The van der Waals surface area contributed by atoms with Crippen molar-refractivity contribution in [2.24, 2.45) is 5.41 Å². The number of benzene rings is 1. The Bertz CT molecular complexity index is 966. The van der Waals surface area contributed by atoms with Gasteiger partial charge in [-0.25, -0.2) is 4.79 Å². The average molecular weight is 438 g/mol. The largest absolute Gasteiger partial charge is 0.371 e. The van der Waals surface area contributed by atoms with Crippen LogP contribution in [0.5, 0.6) is 0 Å². The molecule has 2 aromatic rings. The average Bonchev–Trinajstić information content (AvgIpc) is 3.45. The highest BCUT2D eigenvalue weighted by molar-refractivity contribution is 6.30. The van der Waals surface area contributed by atoms with Gasteiger partial charge in [0.1, 0.15) is 0 Å². The molecule has 2 amide bonds. The van der Waals surface area contributed by atoms with E-state index in [0.29, 0.717) is 23.5 Å². The minimum Gasteiger partial charge on any atom is -0.371 e. The monoisotopic (exact) mass is 437 g/mol. The zero-order chi connectivity index (χ0) is 21.3. The number of urea groups is 1. The van der Waals surface area contributed by atoms with Crippen LogP contribution in [0.25, 0.3) is 5.57 Å². The van der Waals surface area contributed by atoms with Crippen molar-refractivity contribution < 1.29 is 4.79 Å². The van der Waals surface area contributed by atoms with Gasteiger partial charge in [-0.1, -0.05) is 17.7 Å². The van der Waals surface area contributed by atoms with Gasteiger partial charge in [-0.2, -0.15) is 0 Å². The highest BCUT2D eigenvalue weighted by Crippen LogP contribution is 2.38. The lowest BCUT2D eigenvalue weighted by atomic mass is 9.86. The fourth-order valence-electron chi connectivity index (χ4n) is 4.91. The molecule has 5 rings (SSSR count). The fraction of sp³-hybridized carbons (Fsp3) is 0.417. The maximum atomic E-state index is 12.7. The summed E-state index contributed by atoms with van der Waals surface area (Å²) in [4.78, 5) is 21.4. The molecule has 1 aromatic heterocycles. The van der Waals surface area contributed by atoms with E-state index in [1.54, 1.807) is 6.20 Å². The van der Waals surface area contributed by atoms with Gasteiger partial charge in [-0.3, -0.25) is 4.98 Å². The van der Waals surface area contributed by atoms with Crippen molar-refractivity contribution in [3.63, 3.8) is 0 Å². The number of anilines is 2. The smallest absolute Gasteiger partial charge is 0.322 e. The number of carbonyl (C=O) groups excluding carboxylic acids is 1. The van der Waals surface area contributed by atoms with Gasteiger partial charge in [0.25, 0.3) is 0 Å². The Morgan fingerprint density at radius 1 is 1.13 bits per heavy atom. The van der Waals surface area contributed by atoms with Gasteiger partial charge in [0.05, 0.1) is 10.7 Å². The summed E-state index contributed by atoms with van der Waals surface area (Å²) in [5, 5.41) is 7.18. The molecule has 31 heavy (non-hydrogen) atoms. The van der Waals surface area contributed by atoms with Gasteiger partial charge in [0.15, 0.2) is 0 Å². The molecule has 7 heteroatoms. The van der Waals surface area contributed by atoms with E-state index < -0.39 is 0 Å². The molecule has 3 aliphatic rings. The summed E-state index contributed by atoms with van der Waals surface area (Å²) in [7, 11) is 0. The number of aromatic nitrogens is 1. The maximum absolute atomic E-state index is 12.7. The molecule has 6 nitrogen and oxygen atoms in total. The number of hydrogen-bond acceptors (Lipinski definition) is 4. The maximum Gasteiger partial charge on any atom is 0.322 e. The lowest BCUT2D eigenvalue weighted by Gasteiger charge is -2.27. The summed E-state index contributed by atoms with van der Waals surface area (Å²) in [6.07, 6.45) is 7.05. The van der Waals surface area contributed by atoms with Crippen LogP contribution in [0.15, 0.2) is 48.7 Å². The number of pyridine rings is 1. The molecule has 1 spiro atoms. The van der Waals surface area contributed by atoms with E-state index in [4.69, 9.17) is 11.6 Å². The summed E-state index contributed by atoms with van der Waals surface area (Å²) in [6, 6.07) is 12.0. The summed E-state index contributed by atoms with van der Waals surface area (Å²) >= 11 is 5.92. The van der Waals surface area contributed by atoms with Crippen LogP contribution in [0, 0.1) is 5.41 Å². The van der Waals surface area contributed by atoms with Crippen LogP contribution >= 0.6 is 11.6 Å². The molecule has 2 N–H and O–H groups in total. The number of nitrogens with one attached hydrogen (secondary N) is 2. The summed E-state index contributed by atoms with van der Waals surface area (Å²) < 4.78 is 0. The van der Waals surface area contributed by atoms with Gasteiger partial charge in [0.2, 0.25) is 0 Å². The Balaban J connectivity index is 1.16. The number of nitrogens with zero attached hydrogens (tertiary/aromatic N) is 3. The summed E-state index contributed by atoms with van der Waals surface area (Å²) in [5.74, 6) is 0. The molecule has 162 valence electrons. The van der Waals surface area contributed by atoms with Crippen molar-refractivity contribution in [2.75, 3.05) is 49.5 Å². The van der Waals surface area contributed by atoms with Gasteiger partial charge in [-0.05, 0) is 67.8 Å². The van der Waals surface area contributed by atoms with Crippen molar-refractivity contribution in [1.82, 2.24) is 15.2 Å². The third kappa shape index (κ3) is 4.41. The Kier molecular flexibility index (Phi) is 5.59. The molecule has 1 atom stereocenters. The van der Waals surface area contributed by atoms with Crippen LogP contribution in [-0.4, -0.2) is 55.2 Å². The number of carbonyl (C=O) groups is 1. The second kappa shape index (κ2) is 8.52. The number of rotatable bonds is 3. The molecule has 0 bridgehead atoms. The van der Waals surface area contributed by atoms with E-state index in [-0.39, 0.29) is 6.03 Å². The predicted molar refractivity (Wildman–Crippen MR) is 126 cm³/mol. The second-order valence-corrected chi connectivity index (χ2v) is 9.30. The first kappa shape index (κ1) is 20.3. The molecule has 2 fully saturated rings. The zero-order valence-corrected chi connectivity index (χ0v) is 18.4. The van der Waals surface area contributed by atoms with Crippen LogP contribution in [0.3, 0.4) is 0 Å². The number of hydrogen-bond donors (Lipinski definition) is 2. The predicted octanol–water partition coefficient (Wildman–Crippen LogP) is 4.25. The molecule has 0 saturated carbocycles. The van der Waals surface area contributed by atoms with Crippen molar-refractivity contribution in [3.05, 3.63) is 59.4 Å². The molecule has 4 heterocycles. The molecule has 1 aromatic carbocycles. The van der Waals surface area contributed by atoms with Crippen LogP contribution in [-0.2, 0) is 0 Å². The Labute approximate surface area is 188 Å². The standard InChI is InChI=1S/C24H28ClN5O/c25-19-1-6-22(27-15-19)18-7-12-29(13-8-18)23(31)28-20-2-4-21(5-3-20)30-14-10-24(17-30)9-11-26-16-24/h1-7,15,26H,8-14,16-17H2,(H,28,31). The molecule has 0 aliphatic carbocycles. The van der Waals surface area contributed by atoms with E-state index in [9.17, 15) is 4.79 Å². The highest BCUT2D eigenvalue weighted by Gasteiger charge is 2.40. The van der Waals surface area contributed by atoms with Crippen LogP contribution < -0.4 is 15.5 Å². The third-order valence-corrected chi connectivity index (χ3v) is 7.03. The van der Waals surface area contributed by atoms with E-state index in [0.717, 1.165) is 49.6 Å². The minimum absolute atomic E-state index is 0.0655. The highest BCUT2D eigenvalue weighted by atomic mass is 35.5. The Hall–Kier alpha value is -2.57. The molecular formula is C24H28ClN5O. The Morgan fingerprint density at radius 3 is 2.68 bits per heavy atom. The number of halogens is 1. The van der Waals surface area contributed by atoms with Gasteiger partial charge < -0.3 is 20.4 Å². The third-order valence-electron chi connectivity index (χ3n) is 6.81. The van der Waals surface area contributed by atoms with E-state index in [1.807, 2.05) is 29.2 Å². The number of amides is 2. The van der Waals surface area contributed by atoms with Gasteiger partial charge in [-0.15, -0.1) is 0 Å². The molecule has 3 aliphatic heterocycles. The topological polar surface area (TPSA) is 60.5 Å². The van der Waals surface area contributed by atoms with Crippen LogP contribution in [0.1, 0.15) is 25.0 Å². The summed E-state index contributed by atoms with van der Waals surface area (Å²) in [5.41, 5.74) is 4.61. The van der Waals surface area contributed by atoms with Crippen molar-refractivity contribution in [2.45, 2.75) is 19.3 Å². The van der Waals surface area contributed by atoms with E-state index in [1.165, 1.54) is 18.5 Å². The SMILES string of the molecule is O=C(Nc1ccc(N2CCC3(CCNC3)C2)cc1)N1CC=C(c2ccc(Cl)cn2)CC1. The second-order valence-electron chi connectivity index (χ2n) is 8.86. The van der Waals surface area contributed by atoms with Crippen LogP contribution in [0.2, 0.25) is 5.02 Å². The molecule has 0 radical (unpaired) electrons. The normalized spacial score (nSPS) is 23.3. The molecule has 2 saturated heterocycles. The zero-order valence-electron chi connectivity index (χ0n) is 17.6. The fourth-order valence-corrected chi connectivity index (χ4v) is 5.02. The first-order valence-electron chi connectivity index (χ1n) is 11.0. The molecule has 1 unspecified atom stereocenters. The van der Waals surface area contributed by atoms with Crippen molar-refractivity contribution in [1.29, 1.82) is 0 Å². The summed E-state index contributed by atoms with van der Waals surface area (Å²) in [6.45, 7) is 5.76. The molecular weight excluding hydrogens is 410 g/mol. The van der Waals surface area contributed by atoms with Crippen molar-refractivity contribution in [3.8, 4) is 0 Å². The Morgan fingerprint density at radius 2 is 2.00 bits per heavy atom. The van der Waals surface area contributed by atoms with E-state index >= 15 is 0 Å². The quantitative estimate of drug-likeness (QED) is 0.753. The van der Waals surface area contributed by atoms with Crippen molar-refractivity contribution >= 4 is 34.6 Å². The minimum atomic E-state index is -0.0655. The first-order valence-corrected chi connectivity index (χ1v) is 11.4.